The van der Waals surface area contributed by atoms with Gasteiger partial charge in [0.15, 0.2) is 5.76 Å². The van der Waals surface area contributed by atoms with Crippen molar-refractivity contribution in [2.45, 2.75) is 31.1 Å². The molecule has 0 aliphatic carbocycles. The van der Waals surface area contributed by atoms with Crippen LogP contribution in [0, 0.1) is 0 Å². The second-order valence-electron chi connectivity index (χ2n) is 8.86. The van der Waals surface area contributed by atoms with Gasteiger partial charge in [0.2, 0.25) is 11.5 Å². The third-order valence-corrected chi connectivity index (χ3v) is 6.28. The van der Waals surface area contributed by atoms with Crippen molar-refractivity contribution in [1.82, 2.24) is 25.0 Å². The maximum atomic E-state index is 12.4. The fraction of sp³-hybridized carbons (Fsp3) is 0.269. The van der Waals surface area contributed by atoms with E-state index in [1.54, 1.807) is 38.4 Å². The topological polar surface area (TPSA) is 138 Å². The number of nitrogens with one attached hydrogen (secondary N) is 1. The van der Waals surface area contributed by atoms with Crippen LogP contribution in [0.1, 0.15) is 30.7 Å². The summed E-state index contributed by atoms with van der Waals surface area (Å²) in [6.07, 6.45) is 1.18. The molecule has 1 amide bonds. The predicted molar refractivity (Wildman–Crippen MR) is 131 cm³/mol. The summed E-state index contributed by atoms with van der Waals surface area (Å²) in [5.74, 6) is 0.0286. The number of aliphatic hydroxyl groups excluding tert-OH is 1. The van der Waals surface area contributed by atoms with Crippen LogP contribution in [0.15, 0.2) is 71.4 Å². The van der Waals surface area contributed by atoms with Gasteiger partial charge in [-0.15, -0.1) is 0 Å². The smallest absolute Gasteiger partial charge is 0.262 e. The molecule has 0 bridgehead atoms. The summed E-state index contributed by atoms with van der Waals surface area (Å²) in [6, 6.07) is 17.9. The van der Waals surface area contributed by atoms with E-state index in [0.717, 1.165) is 5.56 Å². The lowest BCUT2D eigenvalue weighted by Gasteiger charge is -2.22. The average Bonchev–Trinajstić information content (AvgIpc) is 3.50. The second kappa shape index (κ2) is 9.48. The van der Waals surface area contributed by atoms with E-state index in [4.69, 9.17) is 4.52 Å². The normalized spacial score (nSPS) is 19.3. The molecule has 4 heterocycles. The summed E-state index contributed by atoms with van der Waals surface area (Å²) >= 11 is 0. The number of carbonyl (C=O) groups excluding carboxylic acids is 1. The van der Waals surface area contributed by atoms with Crippen molar-refractivity contribution in [3.63, 3.8) is 0 Å². The first kappa shape index (κ1) is 23.6. The number of anilines is 1. The van der Waals surface area contributed by atoms with Crippen LogP contribution in [-0.4, -0.2) is 60.8 Å². The van der Waals surface area contributed by atoms with Gasteiger partial charge in [0, 0.05) is 32.3 Å². The van der Waals surface area contributed by atoms with E-state index in [-0.39, 0.29) is 12.2 Å². The van der Waals surface area contributed by atoms with E-state index in [9.17, 15) is 15.0 Å². The molecule has 0 unspecified atom stereocenters. The minimum absolute atomic E-state index is 0.0950. The number of nitrogens with zero attached hydrogens (tertiary/aromatic N) is 5. The number of hydrogen-bond acceptors (Lipinski definition) is 9. The highest BCUT2D eigenvalue weighted by Gasteiger charge is 2.48. The van der Waals surface area contributed by atoms with Gasteiger partial charge in [0.25, 0.3) is 5.91 Å². The molecule has 10 heteroatoms. The number of likely N-dealkylation sites (N-methyl/N-ethyl adjacent to an activating group) is 1. The second-order valence-corrected chi connectivity index (χ2v) is 8.86. The molecule has 1 aromatic carbocycles. The molecule has 0 radical (unpaired) electrons. The molecule has 0 saturated carbocycles. The lowest BCUT2D eigenvalue weighted by atomic mass is 9.98. The molecular weight excluding hydrogens is 460 g/mol. The van der Waals surface area contributed by atoms with Crippen LogP contribution in [0.3, 0.4) is 0 Å². The number of rotatable bonds is 7. The Kier molecular flexibility index (Phi) is 6.21. The van der Waals surface area contributed by atoms with E-state index in [0.29, 0.717) is 35.3 Å². The number of pyridine rings is 1. The lowest BCUT2D eigenvalue weighted by Crippen LogP contribution is -2.35. The van der Waals surface area contributed by atoms with Crippen LogP contribution < -0.4 is 5.32 Å². The standard InChI is InChI=1S/C26H26N6O4/c1-16(33)23(17-7-4-3-5-8-17)30-25-27-13-11-20(29-25)18-9-6-10-19(28-18)21-15-22(36-31-21)26(35)12-14-32(2)24(26)34/h3-11,13,15-16,23,33,35H,12,14H2,1-2H3,(H,27,29,30)/t16-,23-,26-/m1/s1. The summed E-state index contributed by atoms with van der Waals surface area (Å²) in [5.41, 5.74) is 1.24. The zero-order valence-corrected chi connectivity index (χ0v) is 19.9. The molecule has 1 aliphatic heterocycles. The highest BCUT2D eigenvalue weighted by Crippen LogP contribution is 2.34. The third kappa shape index (κ3) is 4.43. The minimum atomic E-state index is -1.72. The summed E-state index contributed by atoms with van der Waals surface area (Å²) in [7, 11) is 1.64. The highest BCUT2D eigenvalue weighted by molar-refractivity contribution is 5.87. The van der Waals surface area contributed by atoms with Gasteiger partial charge in [-0.25, -0.2) is 15.0 Å². The van der Waals surface area contributed by atoms with E-state index in [1.165, 1.54) is 4.90 Å². The van der Waals surface area contributed by atoms with Gasteiger partial charge in [-0.05, 0) is 30.7 Å². The van der Waals surface area contributed by atoms with Crippen molar-refractivity contribution >= 4 is 11.9 Å². The number of aromatic nitrogens is 4. The maximum Gasteiger partial charge on any atom is 0.262 e. The SMILES string of the molecule is C[C@@H](O)[C@@H](Nc1nccc(-c2cccc(-c3cc([C@]4(O)CCN(C)C4=O)on3)n2)n1)c1ccccc1. The van der Waals surface area contributed by atoms with E-state index < -0.39 is 23.7 Å². The lowest BCUT2D eigenvalue weighted by molar-refractivity contribution is -0.144. The van der Waals surface area contributed by atoms with Crippen LogP contribution in [0.5, 0.6) is 0 Å². The molecule has 1 aliphatic rings. The number of amides is 1. The van der Waals surface area contributed by atoms with Gasteiger partial charge < -0.3 is 25.0 Å². The van der Waals surface area contributed by atoms with Gasteiger partial charge in [0.1, 0.15) is 5.69 Å². The first-order valence-electron chi connectivity index (χ1n) is 11.6. The zero-order valence-electron chi connectivity index (χ0n) is 19.9. The fourth-order valence-electron chi connectivity index (χ4n) is 4.25. The van der Waals surface area contributed by atoms with Crippen molar-refractivity contribution in [2.24, 2.45) is 0 Å². The zero-order chi connectivity index (χ0) is 25.3. The Morgan fingerprint density at radius 2 is 1.75 bits per heavy atom. The molecule has 3 atom stereocenters. The Labute approximate surface area is 207 Å². The molecule has 5 rings (SSSR count). The van der Waals surface area contributed by atoms with Gasteiger partial charge in [-0.3, -0.25) is 4.79 Å². The Morgan fingerprint density at radius 1 is 1.03 bits per heavy atom. The van der Waals surface area contributed by atoms with Crippen molar-refractivity contribution in [3.05, 3.63) is 78.2 Å². The van der Waals surface area contributed by atoms with E-state index in [2.05, 4.69) is 25.4 Å². The van der Waals surface area contributed by atoms with Gasteiger partial charge in [-0.1, -0.05) is 41.6 Å². The van der Waals surface area contributed by atoms with Gasteiger partial charge >= 0.3 is 0 Å². The quantitative estimate of drug-likeness (QED) is 0.360. The average molecular weight is 487 g/mol. The molecule has 36 heavy (non-hydrogen) atoms. The van der Waals surface area contributed by atoms with Crippen molar-refractivity contribution in [2.75, 3.05) is 18.9 Å². The maximum absolute atomic E-state index is 12.4. The monoisotopic (exact) mass is 486 g/mol. The summed E-state index contributed by atoms with van der Waals surface area (Å²) in [4.78, 5) is 27.4. The van der Waals surface area contributed by atoms with Crippen LogP contribution in [-0.2, 0) is 10.4 Å². The number of likely N-dealkylation sites (tertiary alicyclic amines) is 1. The predicted octanol–water partition coefficient (Wildman–Crippen LogP) is 2.78. The highest BCUT2D eigenvalue weighted by atomic mass is 16.5. The van der Waals surface area contributed by atoms with Crippen LogP contribution >= 0.6 is 0 Å². The molecule has 184 valence electrons. The largest absolute Gasteiger partial charge is 0.391 e. The molecule has 10 nitrogen and oxygen atoms in total. The Hall–Kier alpha value is -4.15. The molecule has 3 N–H and O–H groups in total. The van der Waals surface area contributed by atoms with E-state index >= 15 is 0 Å². The molecule has 4 aromatic rings. The number of carbonyl (C=O) groups is 1. The Balaban J connectivity index is 1.40. The first-order valence-corrected chi connectivity index (χ1v) is 11.6. The Bertz CT molecular complexity index is 1380. The van der Waals surface area contributed by atoms with Crippen molar-refractivity contribution in [1.29, 1.82) is 0 Å². The fourth-order valence-corrected chi connectivity index (χ4v) is 4.25. The van der Waals surface area contributed by atoms with Gasteiger partial charge in [-0.2, -0.15) is 0 Å². The number of benzene rings is 1. The van der Waals surface area contributed by atoms with Gasteiger partial charge in [0.05, 0.1) is 29.2 Å². The molecule has 1 fully saturated rings. The number of aliphatic hydroxyl groups is 2. The van der Waals surface area contributed by atoms with E-state index in [1.807, 2.05) is 42.5 Å². The molecule has 3 aromatic heterocycles. The molecule has 1 saturated heterocycles. The first-order chi connectivity index (χ1) is 17.3. The summed E-state index contributed by atoms with van der Waals surface area (Å²) in [5, 5.41) is 28.4. The summed E-state index contributed by atoms with van der Waals surface area (Å²) in [6.45, 7) is 2.14. The summed E-state index contributed by atoms with van der Waals surface area (Å²) < 4.78 is 5.35. The van der Waals surface area contributed by atoms with Crippen molar-refractivity contribution in [3.8, 4) is 22.8 Å². The van der Waals surface area contributed by atoms with Crippen LogP contribution in [0.25, 0.3) is 22.8 Å². The molecular formula is C26H26N6O4. The third-order valence-electron chi connectivity index (χ3n) is 6.28. The van der Waals surface area contributed by atoms with Crippen LogP contribution in [0.4, 0.5) is 5.95 Å². The van der Waals surface area contributed by atoms with Crippen molar-refractivity contribution < 1.29 is 19.5 Å². The number of hydrogen-bond donors (Lipinski definition) is 3. The minimum Gasteiger partial charge on any atom is -0.391 e. The molecule has 0 spiro atoms. The Morgan fingerprint density at radius 3 is 2.44 bits per heavy atom. The van der Waals surface area contributed by atoms with Crippen LogP contribution in [0.2, 0.25) is 0 Å².